The summed E-state index contributed by atoms with van der Waals surface area (Å²) in [6.07, 6.45) is 0. The summed E-state index contributed by atoms with van der Waals surface area (Å²) in [7, 11) is 0. The van der Waals surface area contributed by atoms with Gasteiger partial charge in [0, 0.05) is 10.9 Å². The predicted molar refractivity (Wildman–Crippen MR) is 105 cm³/mol. The number of carbonyl (C=O) groups is 2. The molecule has 3 aromatic rings. The molecular formula is C21H15FN4O2S. The van der Waals surface area contributed by atoms with Gasteiger partial charge in [0.2, 0.25) is 0 Å². The molecule has 0 saturated carbocycles. The van der Waals surface area contributed by atoms with Crippen molar-refractivity contribution in [1.29, 1.82) is 5.26 Å². The lowest BCUT2D eigenvalue weighted by atomic mass is 9.91. The van der Waals surface area contributed by atoms with Crippen LogP contribution >= 0.6 is 11.3 Å². The number of rotatable bonds is 4. The Morgan fingerprint density at radius 1 is 1.17 bits per heavy atom. The van der Waals surface area contributed by atoms with Gasteiger partial charge in [-0.15, -0.1) is 11.3 Å². The van der Waals surface area contributed by atoms with Crippen LogP contribution in [0.5, 0.6) is 0 Å². The van der Waals surface area contributed by atoms with Crippen molar-refractivity contribution in [1.82, 2.24) is 15.2 Å². The number of carbonyl (C=O) groups excluding carboxylic acids is 2. The number of aromatic nitrogens is 1. The molecule has 144 valence electrons. The van der Waals surface area contributed by atoms with Crippen LogP contribution in [0.15, 0.2) is 53.9 Å². The first kappa shape index (κ1) is 18.8. The van der Waals surface area contributed by atoms with Crippen molar-refractivity contribution in [3.05, 3.63) is 76.5 Å². The van der Waals surface area contributed by atoms with Crippen molar-refractivity contribution >= 4 is 23.3 Å². The van der Waals surface area contributed by atoms with Crippen LogP contribution < -0.4 is 5.32 Å². The molecule has 1 unspecified atom stereocenters. The number of hydrogen-bond donors (Lipinski definition) is 1. The van der Waals surface area contributed by atoms with Gasteiger partial charge in [0.1, 0.15) is 16.4 Å². The number of nitrogens with zero attached hydrogens (tertiary/aromatic N) is 3. The summed E-state index contributed by atoms with van der Waals surface area (Å²) >= 11 is 1.36. The Bertz CT molecular complexity index is 1130. The molecule has 1 saturated heterocycles. The van der Waals surface area contributed by atoms with Crippen molar-refractivity contribution in [2.24, 2.45) is 0 Å². The molecule has 1 aromatic heterocycles. The van der Waals surface area contributed by atoms with E-state index in [1.165, 1.54) is 23.5 Å². The van der Waals surface area contributed by atoms with E-state index in [2.05, 4.69) is 10.3 Å². The van der Waals surface area contributed by atoms with Gasteiger partial charge in [-0.2, -0.15) is 5.26 Å². The SMILES string of the molecule is CC1(c2ccc(C#N)cc2)NC(=O)N(Cc2csc(-c3ccc(F)cc3)n2)C1=O. The largest absolute Gasteiger partial charge is 0.325 e. The molecule has 2 aromatic carbocycles. The molecule has 0 aliphatic carbocycles. The maximum absolute atomic E-state index is 13.1. The number of imide groups is 1. The van der Waals surface area contributed by atoms with Gasteiger partial charge in [0.25, 0.3) is 5.91 Å². The second-order valence-corrected chi connectivity index (χ2v) is 7.64. The van der Waals surface area contributed by atoms with E-state index < -0.39 is 11.6 Å². The van der Waals surface area contributed by atoms with Gasteiger partial charge in [-0.3, -0.25) is 9.69 Å². The highest BCUT2D eigenvalue weighted by Crippen LogP contribution is 2.31. The summed E-state index contributed by atoms with van der Waals surface area (Å²) in [5, 5.41) is 14.1. The van der Waals surface area contributed by atoms with Gasteiger partial charge >= 0.3 is 6.03 Å². The highest BCUT2D eigenvalue weighted by Gasteiger charge is 2.49. The molecule has 0 radical (unpaired) electrons. The third kappa shape index (κ3) is 3.37. The van der Waals surface area contributed by atoms with E-state index in [4.69, 9.17) is 5.26 Å². The lowest BCUT2D eigenvalue weighted by Crippen LogP contribution is -2.40. The molecular weight excluding hydrogens is 391 g/mol. The maximum atomic E-state index is 13.1. The van der Waals surface area contributed by atoms with Crippen LogP contribution in [0, 0.1) is 17.1 Å². The number of amides is 3. The fraction of sp³-hybridized carbons (Fsp3) is 0.143. The normalized spacial score (nSPS) is 18.6. The van der Waals surface area contributed by atoms with Crippen molar-refractivity contribution in [2.75, 3.05) is 0 Å². The Balaban J connectivity index is 1.55. The lowest BCUT2D eigenvalue weighted by Gasteiger charge is -2.22. The van der Waals surface area contributed by atoms with Crippen LogP contribution in [0.2, 0.25) is 0 Å². The highest BCUT2D eigenvalue weighted by atomic mass is 32.1. The van der Waals surface area contributed by atoms with E-state index in [0.29, 0.717) is 21.8 Å². The summed E-state index contributed by atoms with van der Waals surface area (Å²) in [6, 6.07) is 14.0. The van der Waals surface area contributed by atoms with E-state index in [1.807, 2.05) is 6.07 Å². The number of benzene rings is 2. The van der Waals surface area contributed by atoms with E-state index in [-0.39, 0.29) is 18.3 Å². The minimum Gasteiger partial charge on any atom is -0.319 e. The Hall–Kier alpha value is -3.57. The number of nitriles is 1. The van der Waals surface area contributed by atoms with Crippen LogP contribution in [-0.2, 0) is 16.9 Å². The summed E-state index contributed by atoms with van der Waals surface area (Å²) in [5.41, 5.74) is 1.20. The molecule has 3 amide bonds. The van der Waals surface area contributed by atoms with Crippen LogP contribution in [0.4, 0.5) is 9.18 Å². The topological polar surface area (TPSA) is 86.1 Å². The molecule has 0 spiro atoms. The van der Waals surface area contributed by atoms with E-state index in [0.717, 1.165) is 10.5 Å². The molecule has 1 atom stereocenters. The van der Waals surface area contributed by atoms with Crippen LogP contribution in [-0.4, -0.2) is 21.8 Å². The number of urea groups is 1. The third-order valence-corrected chi connectivity index (χ3v) is 5.77. The molecule has 1 fully saturated rings. The Labute approximate surface area is 170 Å². The molecule has 29 heavy (non-hydrogen) atoms. The molecule has 1 aliphatic rings. The van der Waals surface area contributed by atoms with Crippen LogP contribution in [0.25, 0.3) is 10.6 Å². The smallest absolute Gasteiger partial charge is 0.319 e. The Morgan fingerprint density at radius 3 is 2.52 bits per heavy atom. The van der Waals surface area contributed by atoms with E-state index in [9.17, 15) is 14.0 Å². The maximum Gasteiger partial charge on any atom is 0.325 e. The quantitative estimate of drug-likeness (QED) is 0.668. The fourth-order valence-electron chi connectivity index (χ4n) is 3.18. The van der Waals surface area contributed by atoms with Gasteiger partial charge in [-0.1, -0.05) is 12.1 Å². The predicted octanol–water partition coefficient (Wildman–Crippen LogP) is 3.79. The molecule has 8 heteroatoms. The number of halogens is 1. The van der Waals surface area contributed by atoms with Gasteiger partial charge in [0.05, 0.1) is 23.9 Å². The molecule has 1 N–H and O–H groups in total. The zero-order valence-corrected chi connectivity index (χ0v) is 16.2. The number of hydrogen-bond acceptors (Lipinski definition) is 5. The Kier molecular flexibility index (Phi) is 4.60. The summed E-state index contributed by atoms with van der Waals surface area (Å²) < 4.78 is 13.1. The van der Waals surface area contributed by atoms with Crippen molar-refractivity contribution < 1.29 is 14.0 Å². The first-order chi connectivity index (χ1) is 13.9. The minimum atomic E-state index is -1.21. The van der Waals surface area contributed by atoms with Gasteiger partial charge < -0.3 is 5.32 Å². The van der Waals surface area contributed by atoms with Crippen LogP contribution in [0.1, 0.15) is 23.7 Å². The summed E-state index contributed by atoms with van der Waals surface area (Å²) in [4.78, 5) is 31.1. The average molecular weight is 406 g/mol. The molecule has 0 bridgehead atoms. The minimum absolute atomic E-state index is 0.0359. The number of nitrogens with one attached hydrogen (secondary N) is 1. The first-order valence-corrected chi connectivity index (χ1v) is 9.64. The molecule has 6 nitrogen and oxygen atoms in total. The monoisotopic (exact) mass is 406 g/mol. The summed E-state index contributed by atoms with van der Waals surface area (Å²) in [5.74, 6) is -0.713. The second-order valence-electron chi connectivity index (χ2n) is 6.79. The third-order valence-electron chi connectivity index (χ3n) is 4.83. The lowest BCUT2D eigenvalue weighted by molar-refractivity contribution is -0.131. The van der Waals surface area contributed by atoms with Gasteiger partial charge in [-0.25, -0.2) is 14.2 Å². The van der Waals surface area contributed by atoms with Crippen LogP contribution in [0.3, 0.4) is 0 Å². The summed E-state index contributed by atoms with van der Waals surface area (Å²) in [6.45, 7) is 1.67. The second kappa shape index (κ2) is 7.11. The van der Waals surface area contributed by atoms with E-state index in [1.54, 1.807) is 48.7 Å². The van der Waals surface area contributed by atoms with E-state index >= 15 is 0 Å². The van der Waals surface area contributed by atoms with Crippen molar-refractivity contribution in [3.63, 3.8) is 0 Å². The zero-order chi connectivity index (χ0) is 20.6. The Morgan fingerprint density at radius 2 is 1.86 bits per heavy atom. The fourth-order valence-corrected chi connectivity index (χ4v) is 4.00. The molecule has 1 aliphatic heterocycles. The van der Waals surface area contributed by atoms with Crippen molar-refractivity contribution in [2.45, 2.75) is 19.0 Å². The van der Waals surface area contributed by atoms with Gasteiger partial charge in [-0.05, 0) is 48.9 Å². The molecule has 4 rings (SSSR count). The van der Waals surface area contributed by atoms with Gasteiger partial charge in [0.15, 0.2) is 0 Å². The molecule has 2 heterocycles. The standard InChI is InChI=1S/C21H15FN4O2S/c1-21(15-6-2-13(10-23)3-7-15)19(27)26(20(28)25-21)11-17-12-29-18(24-17)14-4-8-16(22)9-5-14/h2-9,12H,11H2,1H3,(H,25,28). The first-order valence-electron chi connectivity index (χ1n) is 8.76. The average Bonchev–Trinajstić information content (AvgIpc) is 3.28. The number of thiazole rings is 1. The zero-order valence-electron chi connectivity index (χ0n) is 15.3. The van der Waals surface area contributed by atoms with Crippen molar-refractivity contribution in [3.8, 4) is 16.6 Å². The highest BCUT2D eigenvalue weighted by molar-refractivity contribution is 7.13.